The minimum atomic E-state index is -1.61. The SMILES string of the molecule is CC[NH+]1CC=C2C(C#N)C(=N)C(C#N)(C#N)[C@@H](c3ccc(C(C)C)cc3)[C@@H]2C1. The summed E-state index contributed by atoms with van der Waals surface area (Å²) in [5, 5.41) is 38.5. The first-order valence-corrected chi connectivity index (χ1v) is 9.87. The van der Waals surface area contributed by atoms with Gasteiger partial charge in [-0.2, -0.15) is 15.8 Å². The van der Waals surface area contributed by atoms with Crippen LogP contribution < -0.4 is 4.90 Å². The van der Waals surface area contributed by atoms with Gasteiger partial charge in [0.05, 0.1) is 43.6 Å². The summed E-state index contributed by atoms with van der Waals surface area (Å²) in [6.07, 6.45) is 2.07. The summed E-state index contributed by atoms with van der Waals surface area (Å²) in [4.78, 5) is 1.37. The van der Waals surface area contributed by atoms with Gasteiger partial charge in [0.2, 0.25) is 0 Å². The quantitative estimate of drug-likeness (QED) is 0.798. The number of benzene rings is 1. The van der Waals surface area contributed by atoms with E-state index < -0.39 is 17.3 Å². The van der Waals surface area contributed by atoms with Crippen molar-refractivity contribution in [1.82, 2.24) is 0 Å². The van der Waals surface area contributed by atoms with Crippen molar-refractivity contribution in [2.24, 2.45) is 17.3 Å². The van der Waals surface area contributed by atoms with Gasteiger partial charge in [-0.25, -0.2) is 0 Å². The minimum absolute atomic E-state index is 0.0691. The van der Waals surface area contributed by atoms with Crippen LogP contribution in [-0.2, 0) is 0 Å². The van der Waals surface area contributed by atoms with Gasteiger partial charge >= 0.3 is 0 Å². The number of nitrogens with zero attached hydrogens (tertiary/aromatic N) is 3. The highest BCUT2D eigenvalue weighted by Gasteiger charge is 2.58. The lowest BCUT2D eigenvalue weighted by atomic mass is 9.54. The van der Waals surface area contributed by atoms with Crippen molar-refractivity contribution in [3.63, 3.8) is 0 Å². The van der Waals surface area contributed by atoms with Crippen molar-refractivity contribution >= 4 is 5.71 Å². The molecule has 1 aliphatic carbocycles. The molecular weight excluding hydrogens is 346 g/mol. The first-order chi connectivity index (χ1) is 13.4. The number of nitrogens with one attached hydrogen (secondary N) is 2. The maximum Gasteiger partial charge on any atom is 0.189 e. The van der Waals surface area contributed by atoms with E-state index in [1.165, 1.54) is 10.5 Å². The Labute approximate surface area is 167 Å². The Hall–Kier alpha value is -2.94. The Morgan fingerprint density at radius 3 is 2.32 bits per heavy atom. The molecule has 4 atom stereocenters. The van der Waals surface area contributed by atoms with Crippen LogP contribution in [0.4, 0.5) is 0 Å². The van der Waals surface area contributed by atoms with Gasteiger partial charge in [-0.15, -0.1) is 0 Å². The molecule has 1 aromatic carbocycles. The van der Waals surface area contributed by atoms with E-state index in [9.17, 15) is 15.8 Å². The number of quaternary nitrogens is 1. The monoisotopic (exact) mass is 372 g/mol. The molecule has 0 spiro atoms. The zero-order valence-electron chi connectivity index (χ0n) is 16.7. The summed E-state index contributed by atoms with van der Waals surface area (Å²) >= 11 is 0. The van der Waals surface area contributed by atoms with E-state index in [0.717, 1.165) is 30.8 Å². The molecule has 5 heteroatoms. The Bertz CT molecular complexity index is 906. The van der Waals surface area contributed by atoms with Gasteiger partial charge in [-0.05, 0) is 35.6 Å². The lowest BCUT2D eigenvalue weighted by Gasteiger charge is -2.46. The third-order valence-electron chi connectivity index (χ3n) is 6.42. The van der Waals surface area contributed by atoms with Gasteiger partial charge in [0.15, 0.2) is 5.41 Å². The first kappa shape index (κ1) is 19.8. The average molecular weight is 372 g/mol. The van der Waals surface area contributed by atoms with E-state index >= 15 is 0 Å². The van der Waals surface area contributed by atoms with E-state index in [1.54, 1.807) is 0 Å². The number of nitriles is 3. The highest BCUT2D eigenvalue weighted by atomic mass is 15.1. The van der Waals surface area contributed by atoms with Crippen LogP contribution in [0.1, 0.15) is 43.7 Å². The van der Waals surface area contributed by atoms with Crippen LogP contribution in [0.25, 0.3) is 0 Å². The smallest absolute Gasteiger partial charge is 0.189 e. The molecule has 0 bridgehead atoms. The van der Waals surface area contributed by atoms with Crippen molar-refractivity contribution < 1.29 is 4.90 Å². The third-order valence-corrected chi connectivity index (χ3v) is 6.42. The van der Waals surface area contributed by atoms with Gasteiger partial charge in [0.1, 0.15) is 5.92 Å². The van der Waals surface area contributed by atoms with E-state index in [4.69, 9.17) is 5.41 Å². The topological polar surface area (TPSA) is 99.7 Å². The van der Waals surface area contributed by atoms with Crippen molar-refractivity contribution in [2.45, 2.75) is 32.6 Å². The molecule has 1 aromatic rings. The van der Waals surface area contributed by atoms with E-state index in [1.807, 2.05) is 12.1 Å². The molecule has 142 valence electrons. The molecule has 0 aromatic heterocycles. The normalized spacial score (nSPS) is 28.5. The lowest BCUT2D eigenvalue weighted by molar-refractivity contribution is -0.897. The molecule has 2 aliphatic rings. The molecule has 1 heterocycles. The zero-order valence-corrected chi connectivity index (χ0v) is 16.7. The first-order valence-electron chi connectivity index (χ1n) is 9.87. The van der Waals surface area contributed by atoms with Crippen LogP contribution in [-0.4, -0.2) is 25.3 Å². The molecule has 1 saturated carbocycles. The van der Waals surface area contributed by atoms with Crippen LogP contribution >= 0.6 is 0 Å². The van der Waals surface area contributed by atoms with Crippen LogP contribution in [0.15, 0.2) is 35.9 Å². The predicted octanol–water partition coefficient (Wildman–Crippen LogP) is 2.56. The highest BCUT2D eigenvalue weighted by molar-refractivity contribution is 6.00. The predicted molar refractivity (Wildman–Crippen MR) is 107 cm³/mol. The Morgan fingerprint density at radius 1 is 1.18 bits per heavy atom. The van der Waals surface area contributed by atoms with Crippen LogP contribution in [0, 0.1) is 56.7 Å². The van der Waals surface area contributed by atoms with E-state index in [0.29, 0.717) is 5.92 Å². The van der Waals surface area contributed by atoms with Gasteiger partial charge in [-0.3, -0.25) is 0 Å². The summed E-state index contributed by atoms with van der Waals surface area (Å²) in [6.45, 7) is 8.91. The maximum absolute atomic E-state index is 10.1. The molecule has 1 aliphatic heterocycles. The molecule has 28 heavy (non-hydrogen) atoms. The van der Waals surface area contributed by atoms with Crippen LogP contribution in [0.3, 0.4) is 0 Å². The van der Waals surface area contributed by atoms with Crippen molar-refractivity contribution in [3.8, 4) is 18.2 Å². The average Bonchev–Trinajstić information content (AvgIpc) is 2.72. The van der Waals surface area contributed by atoms with Gasteiger partial charge in [0.25, 0.3) is 0 Å². The van der Waals surface area contributed by atoms with Gasteiger partial charge in [-0.1, -0.05) is 38.1 Å². The highest BCUT2D eigenvalue weighted by Crippen LogP contribution is 2.52. The molecule has 1 fully saturated rings. The maximum atomic E-state index is 10.1. The van der Waals surface area contributed by atoms with Crippen molar-refractivity contribution in [3.05, 3.63) is 47.0 Å². The number of rotatable bonds is 3. The molecule has 0 amide bonds. The van der Waals surface area contributed by atoms with Crippen molar-refractivity contribution in [1.29, 1.82) is 21.2 Å². The fourth-order valence-corrected chi connectivity index (χ4v) is 4.71. The van der Waals surface area contributed by atoms with Crippen LogP contribution in [0.2, 0.25) is 0 Å². The zero-order chi connectivity index (χ0) is 20.5. The molecule has 0 radical (unpaired) electrons. The van der Waals surface area contributed by atoms with Gasteiger partial charge in [0, 0.05) is 11.8 Å². The second kappa shape index (κ2) is 7.59. The minimum Gasteiger partial charge on any atom is -0.331 e. The second-order valence-electron chi connectivity index (χ2n) is 8.13. The molecule has 2 unspecified atom stereocenters. The summed E-state index contributed by atoms with van der Waals surface area (Å²) in [7, 11) is 0. The summed E-state index contributed by atoms with van der Waals surface area (Å²) in [5.74, 6) is -0.919. The fraction of sp³-hybridized carbons (Fsp3) is 0.478. The molecule has 5 nitrogen and oxygen atoms in total. The van der Waals surface area contributed by atoms with Gasteiger partial charge < -0.3 is 10.3 Å². The van der Waals surface area contributed by atoms with Crippen molar-refractivity contribution in [2.75, 3.05) is 19.6 Å². The van der Waals surface area contributed by atoms with E-state index in [-0.39, 0.29) is 11.6 Å². The number of hydrogen-bond donors (Lipinski definition) is 2. The number of likely N-dealkylation sites (N-methyl/N-ethyl adjacent to an activating group) is 1. The lowest BCUT2D eigenvalue weighted by Crippen LogP contribution is -3.13. The molecule has 0 saturated heterocycles. The summed E-state index contributed by atoms with van der Waals surface area (Å²) in [5.41, 5.74) is 1.34. The van der Waals surface area contributed by atoms with E-state index in [2.05, 4.69) is 57.2 Å². The molecule has 2 N–H and O–H groups in total. The third kappa shape index (κ3) is 2.91. The van der Waals surface area contributed by atoms with Crippen LogP contribution in [0.5, 0.6) is 0 Å². The summed E-state index contributed by atoms with van der Waals surface area (Å²) < 4.78 is 0. The molecule has 3 rings (SSSR count). The number of fused-ring (bicyclic) bond motifs is 1. The fourth-order valence-electron chi connectivity index (χ4n) is 4.71. The number of hydrogen-bond acceptors (Lipinski definition) is 4. The standard InChI is InChI=1S/C23H25N5/c1-4-28-10-9-18-19(11-24)22(27)23(13-25,14-26)21(20(18)12-28)17-7-5-16(6-8-17)15(2)3/h5-9,15,19-21,27H,4,10,12H2,1-3H3/p+1/t19?,20-,21+/m1/s1. The Morgan fingerprint density at radius 2 is 1.82 bits per heavy atom. The molecular formula is C23H26N5+. The Balaban J connectivity index is 2.20. The summed E-state index contributed by atoms with van der Waals surface area (Å²) in [6, 6.07) is 14.6. The largest absolute Gasteiger partial charge is 0.331 e. The second-order valence-corrected chi connectivity index (χ2v) is 8.13. The Kier molecular flexibility index (Phi) is 5.37.